The van der Waals surface area contributed by atoms with Gasteiger partial charge in [-0.3, -0.25) is 9.59 Å². The highest BCUT2D eigenvalue weighted by molar-refractivity contribution is 5.94. The molecule has 1 aromatic heterocycles. The van der Waals surface area contributed by atoms with Gasteiger partial charge in [-0.25, -0.2) is 9.07 Å². The summed E-state index contributed by atoms with van der Waals surface area (Å²) in [5, 5.41) is 16.0. The van der Waals surface area contributed by atoms with Crippen molar-refractivity contribution >= 4 is 11.9 Å². The lowest BCUT2D eigenvalue weighted by molar-refractivity contribution is -0.137. The van der Waals surface area contributed by atoms with Crippen LogP contribution >= 0.6 is 0 Å². The fourth-order valence-electron chi connectivity index (χ4n) is 3.12. The molecule has 1 aromatic carbocycles. The van der Waals surface area contributed by atoms with E-state index in [-0.39, 0.29) is 24.2 Å². The lowest BCUT2D eigenvalue weighted by atomic mass is 10.1. The van der Waals surface area contributed by atoms with Crippen LogP contribution in [0.1, 0.15) is 47.9 Å². The molecule has 0 spiro atoms. The quantitative estimate of drug-likeness (QED) is 0.842. The van der Waals surface area contributed by atoms with Crippen molar-refractivity contribution in [3.63, 3.8) is 0 Å². The Kier molecular flexibility index (Phi) is 4.83. The van der Waals surface area contributed by atoms with E-state index in [2.05, 4.69) is 10.4 Å². The molecule has 1 atom stereocenters. The number of halogens is 1. The van der Waals surface area contributed by atoms with Crippen molar-refractivity contribution < 1.29 is 19.1 Å². The van der Waals surface area contributed by atoms with Gasteiger partial charge in [-0.2, -0.15) is 5.10 Å². The van der Waals surface area contributed by atoms with Crippen molar-refractivity contribution in [3.05, 3.63) is 47.0 Å². The minimum Gasteiger partial charge on any atom is -0.481 e. The molecule has 0 saturated carbocycles. The van der Waals surface area contributed by atoms with Gasteiger partial charge in [0.25, 0.3) is 5.91 Å². The highest BCUT2D eigenvalue weighted by Crippen LogP contribution is 2.28. The standard InChI is InChI=1S/C18H20FN3O3/c1-11(5-10-16(23)24)20-18(25)17-14-3-2-4-15(14)22(21-17)13-8-6-12(19)7-9-13/h6-9,11H,2-5,10H2,1H3,(H,20,25)(H,23,24). The average Bonchev–Trinajstić information content (AvgIpc) is 3.16. The van der Waals surface area contributed by atoms with Gasteiger partial charge >= 0.3 is 5.97 Å². The molecule has 1 heterocycles. The van der Waals surface area contributed by atoms with Crippen LogP contribution in [0.15, 0.2) is 24.3 Å². The summed E-state index contributed by atoms with van der Waals surface area (Å²) in [6.07, 6.45) is 2.92. The number of hydrogen-bond acceptors (Lipinski definition) is 3. The summed E-state index contributed by atoms with van der Waals surface area (Å²) in [5.74, 6) is -1.50. The van der Waals surface area contributed by atoms with Crippen molar-refractivity contribution in [2.24, 2.45) is 0 Å². The molecule has 1 amide bonds. The van der Waals surface area contributed by atoms with E-state index in [0.717, 1.165) is 36.2 Å². The summed E-state index contributed by atoms with van der Waals surface area (Å²) in [6.45, 7) is 1.78. The van der Waals surface area contributed by atoms with Crippen LogP contribution in [-0.4, -0.2) is 32.8 Å². The zero-order valence-corrected chi connectivity index (χ0v) is 14.0. The van der Waals surface area contributed by atoms with Gasteiger partial charge in [-0.1, -0.05) is 0 Å². The van der Waals surface area contributed by atoms with E-state index in [1.807, 2.05) is 0 Å². The lowest BCUT2D eigenvalue weighted by Crippen LogP contribution is -2.33. The number of benzene rings is 1. The van der Waals surface area contributed by atoms with Gasteiger partial charge in [-0.05, 0) is 56.9 Å². The first-order valence-corrected chi connectivity index (χ1v) is 8.35. The second kappa shape index (κ2) is 7.04. The monoisotopic (exact) mass is 345 g/mol. The molecule has 7 heteroatoms. The smallest absolute Gasteiger partial charge is 0.303 e. The predicted molar refractivity (Wildman–Crippen MR) is 89.3 cm³/mol. The number of hydrogen-bond donors (Lipinski definition) is 2. The Morgan fingerprint density at radius 1 is 1.32 bits per heavy atom. The minimum atomic E-state index is -0.887. The first kappa shape index (κ1) is 17.1. The number of nitrogens with zero attached hydrogens (tertiary/aromatic N) is 2. The molecule has 2 N–H and O–H groups in total. The van der Waals surface area contributed by atoms with Gasteiger partial charge in [0.15, 0.2) is 5.69 Å². The van der Waals surface area contributed by atoms with E-state index in [1.54, 1.807) is 23.7 Å². The molecule has 0 fully saturated rings. The normalized spacial score (nSPS) is 14.2. The van der Waals surface area contributed by atoms with Gasteiger partial charge in [0.2, 0.25) is 0 Å². The van der Waals surface area contributed by atoms with Crippen molar-refractivity contribution in [1.29, 1.82) is 0 Å². The third-order valence-corrected chi connectivity index (χ3v) is 4.39. The summed E-state index contributed by atoms with van der Waals surface area (Å²) in [7, 11) is 0. The Morgan fingerprint density at radius 2 is 2.04 bits per heavy atom. The average molecular weight is 345 g/mol. The SMILES string of the molecule is CC(CCC(=O)O)NC(=O)c1nn(-c2ccc(F)cc2)c2c1CCC2. The molecule has 2 aromatic rings. The number of rotatable bonds is 6. The number of amides is 1. The van der Waals surface area contributed by atoms with Crippen molar-refractivity contribution in [1.82, 2.24) is 15.1 Å². The number of nitrogens with one attached hydrogen (secondary N) is 1. The first-order valence-electron chi connectivity index (χ1n) is 8.35. The fourth-order valence-corrected chi connectivity index (χ4v) is 3.12. The first-order chi connectivity index (χ1) is 12.0. The largest absolute Gasteiger partial charge is 0.481 e. The zero-order chi connectivity index (χ0) is 18.0. The number of carbonyl (C=O) groups excluding carboxylic acids is 1. The Labute approximate surface area is 144 Å². The molecule has 1 unspecified atom stereocenters. The molecule has 1 aliphatic rings. The Morgan fingerprint density at radius 3 is 2.72 bits per heavy atom. The van der Waals surface area contributed by atoms with Crippen LogP contribution in [0.25, 0.3) is 5.69 Å². The van der Waals surface area contributed by atoms with Crippen LogP contribution < -0.4 is 5.32 Å². The van der Waals surface area contributed by atoms with Crippen molar-refractivity contribution in [3.8, 4) is 5.69 Å². The third kappa shape index (κ3) is 3.70. The van der Waals surface area contributed by atoms with Crippen LogP contribution in [0.5, 0.6) is 0 Å². The predicted octanol–water partition coefficient (Wildman–Crippen LogP) is 2.48. The van der Waals surface area contributed by atoms with E-state index >= 15 is 0 Å². The van der Waals surface area contributed by atoms with Crippen molar-refractivity contribution in [2.75, 3.05) is 0 Å². The molecule has 6 nitrogen and oxygen atoms in total. The highest BCUT2D eigenvalue weighted by atomic mass is 19.1. The van der Waals surface area contributed by atoms with E-state index in [1.165, 1.54) is 12.1 Å². The summed E-state index contributed by atoms with van der Waals surface area (Å²) in [6, 6.07) is 5.76. The molecular weight excluding hydrogens is 325 g/mol. The maximum absolute atomic E-state index is 13.1. The summed E-state index contributed by atoms with van der Waals surface area (Å²) >= 11 is 0. The van der Waals surface area contributed by atoms with Gasteiger partial charge < -0.3 is 10.4 Å². The van der Waals surface area contributed by atoms with Crippen LogP contribution in [0.3, 0.4) is 0 Å². The van der Waals surface area contributed by atoms with Crippen LogP contribution in [-0.2, 0) is 17.6 Å². The van der Waals surface area contributed by atoms with Gasteiger partial charge in [0.05, 0.1) is 5.69 Å². The lowest BCUT2D eigenvalue weighted by Gasteiger charge is -2.12. The molecule has 3 rings (SSSR count). The van der Waals surface area contributed by atoms with Crippen LogP contribution in [0.2, 0.25) is 0 Å². The molecular formula is C18H20FN3O3. The summed E-state index contributed by atoms with van der Waals surface area (Å²) in [4.78, 5) is 23.2. The van der Waals surface area contributed by atoms with Gasteiger partial charge in [0.1, 0.15) is 5.82 Å². The number of fused-ring (bicyclic) bond motifs is 1. The van der Waals surface area contributed by atoms with Crippen LogP contribution in [0, 0.1) is 5.82 Å². The molecule has 1 aliphatic carbocycles. The maximum atomic E-state index is 13.1. The van der Waals surface area contributed by atoms with Gasteiger partial charge in [-0.15, -0.1) is 0 Å². The molecule has 0 radical (unpaired) electrons. The zero-order valence-electron chi connectivity index (χ0n) is 14.0. The number of carboxylic acids is 1. The van der Waals surface area contributed by atoms with Crippen molar-refractivity contribution in [2.45, 2.75) is 45.1 Å². The topological polar surface area (TPSA) is 84.2 Å². The molecule has 0 bridgehead atoms. The Balaban J connectivity index is 1.83. The van der Waals surface area contributed by atoms with E-state index in [0.29, 0.717) is 12.1 Å². The van der Waals surface area contributed by atoms with Crippen LogP contribution in [0.4, 0.5) is 4.39 Å². The van der Waals surface area contributed by atoms with E-state index in [4.69, 9.17) is 5.11 Å². The number of aliphatic carboxylic acids is 1. The Hall–Kier alpha value is -2.70. The summed E-state index contributed by atoms with van der Waals surface area (Å²) in [5.41, 5.74) is 3.00. The fraction of sp³-hybridized carbons (Fsp3) is 0.389. The number of carboxylic acid groups (broad SMARTS) is 1. The molecule has 0 aliphatic heterocycles. The Bertz CT molecular complexity index is 799. The summed E-state index contributed by atoms with van der Waals surface area (Å²) < 4.78 is 14.9. The second-order valence-corrected chi connectivity index (χ2v) is 6.32. The second-order valence-electron chi connectivity index (χ2n) is 6.32. The minimum absolute atomic E-state index is 0.00355. The highest BCUT2D eigenvalue weighted by Gasteiger charge is 2.27. The van der Waals surface area contributed by atoms with Gasteiger partial charge in [0, 0.05) is 23.7 Å². The molecule has 132 valence electrons. The molecule has 25 heavy (non-hydrogen) atoms. The molecule has 0 saturated heterocycles. The van der Waals surface area contributed by atoms with E-state index in [9.17, 15) is 14.0 Å². The number of carbonyl (C=O) groups is 2. The third-order valence-electron chi connectivity index (χ3n) is 4.39. The van der Waals surface area contributed by atoms with E-state index < -0.39 is 5.97 Å². The number of aromatic nitrogens is 2. The maximum Gasteiger partial charge on any atom is 0.303 e.